The Labute approximate surface area is 181 Å². The molecule has 0 bridgehead atoms. The molecule has 0 spiro atoms. The monoisotopic (exact) mass is 445 g/mol. The van der Waals surface area contributed by atoms with Crippen molar-refractivity contribution in [1.29, 1.82) is 0 Å². The third-order valence-corrected chi connectivity index (χ3v) is 6.73. The van der Waals surface area contributed by atoms with E-state index in [1.54, 1.807) is 21.4 Å². The quantitative estimate of drug-likeness (QED) is 0.607. The van der Waals surface area contributed by atoms with Crippen molar-refractivity contribution in [3.05, 3.63) is 45.8 Å². The molecule has 0 saturated carbocycles. The zero-order valence-corrected chi connectivity index (χ0v) is 17.7. The summed E-state index contributed by atoms with van der Waals surface area (Å²) >= 11 is 7.58. The smallest absolute Gasteiger partial charge is 0.265 e. The van der Waals surface area contributed by atoms with Gasteiger partial charge in [0, 0.05) is 30.3 Å². The van der Waals surface area contributed by atoms with Crippen LogP contribution in [0.2, 0.25) is 5.02 Å². The lowest BCUT2D eigenvalue weighted by molar-refractivity contribution is -0.122. The molecule has 0 aliphatic carbocycles. The summed E-state index contributed by atoms with van der Waals surface area (Å²) in [6.07, 6.45) is 3.87. The number of fused-ring (bicyclic) bond motifs is 2. The van der Waals surface area contributed by atoms with Gasteiger partial charge in [-0.05, 0) is 31.0 Å². The molecule has 2 aliphatic rings. The Morgan fingerprint density at radius 2 is 2.30 bits per heavy atom. The normalized spacial score (nSPS) is 20.6. The van der Waals surface area contributed by atoms with Crippen LogP contribution in [0.4, 0.5) is 0 Å². The molecular formula is C20H20ClN5O3S. The van der Waals surface area contributed by atoms with E-state index in [2.05, 4.69) is 15.4 Å². The SMILES string of the molecule is O=C(CC1CSc2nc3c(cnn3-c3cccc(Cl)c3)c(=O)n21)NCC1CCCO1. The number of amides is 1. The van der Waals surface area contributed by atoms with Crippen molar-refractivity contribution in [2.45, 2.75) is 36.6 Å². The van der Waals surface area contributed by atoms with Gasteiger partial charge in [0.05, 0.1) is 24.0 Å². The number of hydrogen-bond donors (Lipinski definition) is 1. The second-order valence-corrected chi connectivity index (χ2v) is 8.87. The summed E-state index contributed by atoms with van der Waals surface area (Å²) < 4.78 is 8.79. The molecule has 1 saturated heterocycles. The van der Waals surface area contributed by atoms with E-state index in [4.69, 9.17) is 16.3 Å². The van der Waals surface area contributed by atoms with E-state index >= 15 is 0 Å². The Hall–Kier alpha value is -2.36. The molecular weight excluding hydrogens is 426 g/mol. The van der Waals surface area contributed by atoms with Gasteiger partial charge in [0.2, 0.25) is 5.91 Å². The maximum atomic E-state index is 13.2. The lowest BCUT2D eigenvalue weighted by atomic mass is 10.2. The second-order valence-electron chi connectivity index (χ2n) is 7.45. The van der Waals surface area contributed by atoms with Crippen LogP contribution >= 0.6 is 23.4 Å². The van der Waals surface area contributed by atoms with Crippen molar-refractivity contribution < 1.29 is 9.53 Å². The van der Waals surface area contributed by atoms with Crippen LogP contribution in [0.3, 0.4) is 0 Å². The number of benzene rings is 1. The summed E-state index contributed by atoms with van der Waals surface area (Å²) in [5.41, 5.74) is 1.05. The van der Waals surface area contributed by atoms with E-state index in [9.17, 15) is 9.59 Å². The first-order valence-corrected chi connectivity index (χ1v) is 11.2. The van der Waals surface area contributed by atoms with Crippen LogP contribution in [0.25, 0.3) is 16.7 Å². The third-order valence-electron chi connectivity index (χ3n) is 5.40. The molecule has 1 N–H and O–H groups in total. The van der Waals surface area contributed by atoms with Crippen molar-refractivity contribution in [3.63, 3.8) is 0 Å². The molecule has 2 unspecified atom stereocenters. The van der Waals surface area contributed by atoms with E-state index in [0.29, 0.717) is 33.5 Å². The fraction of sp³-hybridized carbons (Fsp3) is 0.400. The number of ether oxygens (including phenoxy) is 1. The Morgan fingerprint density at radius 1 is 1.40 bits per heavy atom. The Kier molecular flexibility index (Phi) is 5.26. The molecule has 30 heavy (non-hydrogen) atoms. The van der Waals surface area contributed by atoms with Gasteiger partial charge >= 0.3 is 0 Å². The van der Waals surface area contributed by atoms with Crippen molar-refractivity contribution >= 4 is 40.3 Å². The highest BCUT2D eigenvalue weighted by Gasteiger charge is 2.30. The molecule has 0 radical (unpaired) electrons. The van der Waals surface area contributed by atoms with Crippen LogP contribution in [0.5, 0.6) is 0 Å². The number of aromatic nitrogens is 4. The van der Waals surface area contributed by atoms with E-state index in [1.165, 1.54) is 18.0 Å². The van der Waals surface area contributed by atoms with Crippen LogP contribution in [-0.4, -0.2) is 50.2 Å². The van der Waals surface area contributed by atoms with Gasteiger partial charge in [0.1, 0.15) is 5.39 Å². The molecule has 3 aromatic rings. The Morgan fingerprint density at radius 3 is 3.10 bits per heavy atom. The van der Waals surface area contributed by atoms with E-state index in [-0.39, 0.29) is 30.0 Å². The maximum absolute atomic E-state index is 13.2. The zero-order chi connectivity index (χ0) is 20.7. The second kappa shape index (κ2) is 8.05. The molecule has 1 aromatic carbocycles. The van der Waals surface area contributed by atoms with Crippen molar-refractivity contribution in [2.75, 3.05) is 18.9 Å². The first kappa shape index (κ1) is 19.6. The number of thioether (sulfide) groups is 1. The first-order valence-electron chi connectivity index (χ1n) is 9.87. The average Bonchev–Trinajstić information content (AvgIpc) is 3.47. The lowest BCUT2D eigenvalue weighted by Gasteiger charge is -2.15. The van der Waals surface area contributed by atoms with Gasteiger partial charge in [-0.15, -0.1) is 0 Å². The predicted octanol–water partition coefficient (Wildman–Crippen LogP) is 2.57. The van der Waals surface area contributed by atoms with E-state index in [0.717, 1.165) is 25.1 Å². The topological polar surface area (TPSA) is 91.0 Å². The standard InChI is InChI=1S/C20H20ClN5O3S/c21-12-3-1-4-13(7-12)26-18-16(10-23-26)19(28)25-14(11-30-20(25)24-18)8-17(27)22-9-15-5-2-6-29-15/h1,3-4,7,10,14-15H,2,5-6,8-9,11H2,(H,22,27). The minimum atomic E-state index is -0.228. The first-order chi connectivity index (χ1) is 14.6. The van der Waals surface area contributed by atoms with Gasteiger partial charge in [-0.2, -0.15) is 5.10 Å². The zero-order valence-electron chi connectivity index (χ0n) is 16.1. The van der Waals surface area contributed by atoms with Gasteiger partial charge in [0.15, 0.2) is 10.8 Å². The van der Waals surface area contributed by atoms with Crippen LogP contribution < -0.4 is 10.9 Å². The molecule has 1 fully saturated rings. The number of rotatable bonds is 5. The van der Waals surface area contributed by atoms with Crippen molar-refractivity contribution in [3.8, 4) is 5.69 Å². The number of nitrogens with zero attached hydrogens (tertiary/aromatic N) is 4. The van der Waals surface area contributed by atoms with Gasteiger partial charge in [-0.3, -0.25) is 14.2 Å². The van der Waals surface area contributed by atoms with Crippen molar-refractivity contribution in [1.82, 2.24) is 24.6 Å². The predicted molar refractivity (Wildman–Crippen MR) is 114 cm³/mol. The molecule has 2 atom stereocenters. The summed E-state index contributed by atoms with van der Waals surface area (Å²) in [4.78, 5) is 30.3. The highest BCUT2D eigenvalue weighted by molar-refractivity contribution is 7.99. The Balaban J connectivity index is 1.40. The summed E-state index contributed by atoms with van der Waals surface area (Å²) in [6, 6.07) is 7.01. The summed E-state index contributed by atoms with van der Waals surface area (Å²) in [7, 11) is 0. The number of carbonyl (C=O) groups is 1. The highest BCUT2D eigenvalue weighted by Crippen LogP contribution is 2.33. The maximum Gasteiger partial charge on any atom is 0.265 e. The molecule has 2 aliphatic heterocycles. The highest BCUT2D eigenvalue weighted by atomic mass is 35.5. The summed E-state index contributed by atoms with van der Waals surface area (Å²) in [6.45, 7) is 1.28. The van der Waals surface area contributed by atoms with Gasteiger partial charge in [-0.25, -0.2) is 9.67 Å². The molecule has 1 amide bonds. The van der Waals surface area contributed by atoms with Crippen molar-refractivity contribution in [2.24, 2.45) is 0 Å². The van der Waals surface area contributed by atoms with Crippen LogP contribution in [0.1, 0.15) is 25.3 Å². The molecule has 10 heteroatoms. The van der Waals surface area contributed by atoms with Crippen LogP contribution in [0, 0.1) is 0 Å². The molecule has 5 rings (SSSR count). The fourth-order valence-corrected chi connectivity index (χ4v) is 5.21. The molecule has 8 nitrogen and oxygen atoms in total. The largest absolute Gasteiger partial charge is 0.376 e. The van der Waals surface area contributed by atoms with Gasteiger partial charge < -0.3 is 10.1 Å². The molecule has 4 heterocycles. The third kappa shape index (κ3) is 3.61. The molecule has 156 valence electrons. The minimum absolute atomic E-state index is 0.0782. The Bertz CT molecular complexity index is 1170. The van der Waals surface area contributed by atoms with Crippen LogP contribution in [-0.2, 0) is 9.53 Å². The number of carbonyl (C=O) groups excluding carboxylic acids is 1. The number of halogens is 1. The number of nitrogens with one attached hydrogen (secondary N) is 1. The summed E-state index contributed by atoms with van der Waals surface area (Å²) in [5.74, 6) is 0.554. The van der Waals surface area contributed by atoms with Gasteiger partial charge in [0.25, 0.3) is 5.56 Å². The lowest BCUT2D eigenvalue weighted by Crippen LogP contribution is -2.34. The van der Waals surface area contributed by atoms with E-state index < -0.39 is 0 Å². The fourth-order valence-electron chi connectivity index (χ4n) is 3.90. The number of hydrogen-bond acceptors (Lipinski definition) is 6. The molecule has 2 aromatic heterocycles. The van der Waals surface area contributed by atoms with Gasteiger partial charge in [-0.1, -0.05) is 29.4 Å². The summed E-state index contributed by atoms with van der Waals surface area (Å²) in [5, 5.41) is 8.89. The minimum Gasteiger partial charge on any atom is -0.376 e. The van der Waals surface area contributed by atoms with E-state index in [1.807, 2.05) is 12.1 Å². The van der Waals surface area contributed by atoms with Crippen LogP contribution in [0.15, 0.2) is 40.4 Å². The average molecular weight is 446 g/mol.